The number of methoxy groups -OCH3 is 1. The molecule has 0 N–H and O–H groups in total. The molecule has 0 spiro atoms. The van der Waals surface area contributed by atoms with Crippen molar-refractivity contribution in [2.24, 2.45) is 5.92 Å². The first-order valence-electron chi connectivity index (χ1n) is 8.22. The maximum Gasteiger partial charge on any atom is 0.428 e. The smallest absolute Gasteiger partial charge is 0.428 e. The zero-order valence-corrected chi connectivity index (χ0v) is 15.4. The Kier molecular flexibility index (Phi) is 5.91. The molecule has 156 valence electrons. The van der Waals surface area contributed by atoms with Gasteiger partial charge in [0.15, 0.2) is 0 Å². The molecule has 1 heterocycles. The van der Waals surface area contributed by atoms with Crippen molar-refractivity contribution in [1.29, 1.82) is 0 Å². The maximum atomic E-state index is 13.9. The van der Waals surface area contributed by atoms with Crippen LogP contribution in [0.3, 0.4) is 0 Å². The van der Waals surface area contributed by atoms with Crippen molar-refractivity contribution in [3.63, 3.8) is 0 Å². The number of carbonyl (C=O) groups is 1. The van der Waals surface area contributed by atoms with Gasteiger partial charge in [-0.2, -0.15) is 13.2 Å². The maximum absolute atomic E-state index is 13.9. The van der Waals surface area contributed by atoms with Gasteiger partial charge in [0.25, 0.3) is 6.43 Å². The number of hydrogen-bond donors (Lipinski definition) is 0. The van der Waals surface area contributed by atoms with E-state index in [4.69, 9.17) is 14.2 Å². The van der Waals surface area contributed by atoms with E-state index in [1.807, 2.05) is 0 Å². The van der Waals surface area contributed by atoms with Gasteiger partial charge in [0, 0.05) is 17.1 Å². The predicted molar refractivity (Wildman–Crippen MR) is 86.2 cm³/mol. The number of rotatable bonds is 5. The third-order valence-corrected chi connectivity index (χ3v) is 4.70. The summed E-state index contributed by atoms with van der Waals surface area (Å²) < 4.78 is 96.1. The first kappa shape index (κ1) is 21.9. The van der Waals surface area contributed by atoms with Crippen LogP contribution in [0.25, 0.3) is 5.57 Å². The number of carbonyl (C=O) groups excluding carboxylic acids is 1. The van der Waals surface area contributed by atoms with E-state index in [0.717, 1.165) is 27.0 Å². The molecule has 1 aliphatic heterocycles. The van der Waals surface area contributed by atoms with Crippen molar-refractivity contribution >= 4 is 11.5 Å². The van der Waals surface area contributed by atoms with Crippen molar-refractivity contribution in [3.8, 4) is 5.75 Å². The van der Waals surface area contributed by atoms with E-state index in [9.17, 15) is 31.1 Å². The Balaban J connectivity index is 2.79. The summed E-state index contributed by atoms with van der Waals surface area (Å²) in [6.45, 7) is 3.14. The predicted octanol–water partition coefficient (Wildman–Crippen LogP) is 5.03. The highest BCUT2D eigenvalue weighted by Crippen LogP contribution is 2.54. The van der Waals surface area contributed by atoms with Gasteiger partial charge in [-0.3, -0.25) is 0 Å². The van der Waals surface area contributed by atoms with Gasteiger partial charge >= 0.3 is 12.1 Å². The van der Waals surface area contributed by atoms with E-state index in [1.54, 1.807) is 0 Å². The zero-order valence-electron chi connectivity index (χ0n) is 15.4. The fraction of sp³-hybridized carbons (Fsp3) is 0.500. The molecule has 0 amide bonds. The monoisotopic (exact) mass is 412 g/mol. The van der Waals surface area contributed by atoms with Gasteiger partial charge < -0.3 is 14.2 Å². The van der Waals surface area contributed by atoms with Gasteiger partial charge in [-0.15, -0.1) is 0 Å². The van der Waals surface area contributed by atoms with Crippen LogP contribution in [0.15, 0.2) is 17.9 Å². The third-order valence-electron chi connectivity index (χ3n) is 4.70. The summed E-state index contributed by atoms with van der Waals surface area (Å²) in [5, 5.41) is 0. The molecule has 1 aromatic rings. The Morgan fingerprint density at radius 2 is 1.93 bits per heavy atom. The lowest BCUT2D eigenvalue weighted by Gasteiger charge is -2.32. The molecule has 28 heavy (non-hydrogen) atoms. The summed E-state index contributed by atoms with van der Waals surface area (Å²) in [5.41, 5.74) is -4.60. The molecule has 0 radical (unpaired) electrons. The van der Waals surface area contributed by atoms with Crippen LogP contribution in [0.5, 0.6) is 5.75 Å². The SMILES string of the molecule is CCOC(=O)C1=C(c2ccc(F)c(C(F)F)c2OC)C(C)C(C)(C(F)(F)F)O1. The van der Waals surface area contributed by atoms with E-state index in [2.05, 4.69) is 0 Å². The average molecular weight is 412 g/mol. The molecule has 2 unspecified atom stereocenters. The van der Waals surface area contributed by atoms with Gasteiger partial charge in [-0.05, 0) is 26.0 Å². The normalized spacial score (nSPS) is 22.5. The molecule has 10 heteroatoms. The summed E-state index contributed by atoms with van der Waals surface area (Å²) in [5.74, 6) is -5.44. The Morgan fingerprint density at radius 3 is 2.39 bits per heavy atom. The molecule has 2 atom stereocenters. The minimum atomic E-state index is -4.90. The molecular formula is C18H18F6O4. The number of hydrogen-bond acceptors (Lipinski definition) is 4. The van der Waals surface area contributed by atoms with Crippen LogP contribution in [-0.2, 0) is 14.3 Å². The Morgan fingerprint density at radius 1 is 1.32 bits per heavy atom. The lowest BCUT2D eigenvalue weighted by Crippen LogP contribution is -2.47. The Hall–Kier alpha value is -2.39. The van der Waals surface area contributed by atoms with Crippen LogP contribution in [0.1, 0.15) is 38.3 Å². The number of alkyl halides is 5. The first-order valence-corrected chi connectivity index (χ1v) is 8.22. The summed E-state index contributed by atoms with van der Waals surface area (Å²) >= 11 is 0. The number of esters is 1. The number of ether oxygens (including phenoxy) is 3. The van der Waals surface area contributed by atoms with Crippen LogP contribution in [0, 0.1) is 11.7 Å². The second-order valence-corrected chi connectivity index (χ2v) is 6.23. The van der Waals surface area contributed by atoms with Crippen molar-refractivity contribution in [3.05, 3.63) is 34.8 Å². The van der Waals surface area contributed by atoms with Crippen molar-refractivity contribution in [2.75, 3.05) is 13.7 Å². The second kappa shape index (κ2) is 7.56. The number of halogens is 6. The molecule has 0 fully saturated rings. The van der Waals surface area contributed by atoms with Gasteiger partial charge in [-0.25, -0.2) is 18.0 Å². The van der Waals surface area contributed by atoms with Gasteiger partial charge in [0.05, 0.1) is 19.3 Å². The lowest BCUT2D eigenvalue weighted by molar-refractivity contribution is -0.262. The quantitative estimate of drug-likeness (QED) is 0.503. The topological polar surface area (TPSA) is 44.8 Å². The lowest BCUT2D eigenvalue weighted by atomic mass is 9.82. The molecule has 4 nitrogen and oxygen atoms in total. The van der Waals surface area contributed by atoms with Gasteiger partial charge in [0.2, 0.25) is 11.4 Å². The molecule has 0 aliphatic carbocycles. The minimum absolute atomic E-state index is 0.154. The fourth-order valence-corrected chi connectivity index (χ4v) is 3.05. The van der Waals surface area contributed by atoms with E-state index in [-0.39, 0.29) is 17.7 Å². The standard InChI is InChI=1S/C18H18F6O4/c1-5-27-16(25)14-11(8(2)17(3,28-14)18(22,23)24)9-6-7-10(19)12(15(20)21)13(9)26-4/h6-8,15H,5H2,1-4H3. The summed E-state index contributed by atoms with van der Waals surface area (Å²) in [6, 6.07) is 1.64. The van der Waals surface area contributed by atoms with Crippen LogP contribution in [0.2, 0.25) is 0 Å². The summed E-state index contributed by atoms with van der Waals surface area (Å²) in [6.07, 6.45) is -8.20. The molecule has 1 aromatic carbocycles. The minimum Gasteiger partial charge on any atom is -0.495 e. The van der Waals surface area contributed by atoms with Gasteiger partial charge in [0.1, 0.15) is 11.6 Å². The molecule has 0 saturated carbocycles. The highest BCUT2D eigenvalue weighted by atomic mass is 19.4. The van der Waals surface area contributed by atoms with Crippen LogP contribution < -0.4 is 4.74 Å². The zero-order chi connectivity index (χ0) is 21.4. The van der Waals surface area contributed by atoms with Crippen LogP contribution in [0.4, 0.5) is 26.3 Å². The van der Waals surface area contributed by atoms with Crippen molar-refractivity contribution in [2.45, 2.75) is 39.0 Å². The molecular weight excluding hydrogens is 394 g/mol. The summed E-state index contributed by atoms with van der Waals surface area (Å²) in [7, 11) is 0.970. The van der Waals surface area contributed by atoms with Crippen LogP contribution >= 0.6 is 0 Å². The van der Waals surface area contributed by atoms with E-state index >= 15 is 0 Å². The van der Waals surface area contributed by atoms with E-state index < -0.39 is 53.0 Å². The van der Waals surface area contributed by atoms with Crippen molar-refractivity contribution < 1.29 is 45.3 Å². The summed E-state index contributed by atoms with van der Waals surface area (Å²) in [4.78, 5) is 12.2. The number of benzene rings is 1. The van der Waals surface area contributed by atoms with Crippen LogP contribution in [-0.4, -0.2) is 31.5 Å². The fourth-order valence-electron chi connectivity index (χ4n) is 3.05. The highest BCUT2D eigenvalue weighted by molar-refractivity contribution is 5.98. The molecule has 1 aliphatic rings. The molecule has 0 bridgehead atoms. The Bertz CT molecular complexity index is 802. The second-order valence-electron chi connectivity index (χ2n) is 6.23. The van der Waals surface area contributed by atoms with E-state index in [0.29, 0.717) is 6.07 Å². The molecule has 0 aromatic heterocycles. The largest absolute Gasteiger partial charge is 0.495 e. The van der Waals surface area contributed by atoms with Gasteiger partial charge in [-0.1, -0.05) is 6.92 Å². The van der Waals surface area contributed by atoms with Crippen molar-refractivity contribution in [1.82, 2.24) is 0 Å². The van der Waals surface area contributed by atoms with E-state index in [1.165, 1.54) is 6.92 Å². The average Bonchev–Trinajstić information content (AvgIpc) is 2.87. The molecule has 2 rings (SSSR count). The first-order chi connectivity index (χ1) is 12.9. The Labute approximate surface area is 157 Å². The highest BCUT2D eigenvalue weighted by Gasteiger charge is 2.63. The molecule has 0 saturated heterocycles. The third kappa shape index (κ3) is 3.40.